The Kier molecular flexibility index (Phi) is 0.950. The SMILES string of the molecule is Nn1nc2cc3nnnc3cc2[nH]1. The number of aromatic amines is 1. The Hall–Kier alpha value is -2.18. The molecule has 7 heteroatoms. The zero-order valence-corrected chi connectivity index (χ0v) is 6.47. The van der Waals surface area contributed by atoms with Crippen LogP contribution < -0.4 is 5.84 Å². The molecule has 0 atom stereocenters. The summed E-state index contributed by atoms with van der Waals surface area (Å²) in [5.74, 6) is 5.42. The van der Waals surface area contributed by atoms with Crippen LogP contribution in [0.3, 0.4) is 0 Å². The number of nitrogens with zero attached hydrogens (tertiary/aromatic N) is 5. The lowest BCUT2D eigenvalue weighted by molar-refractivity contribution is 0.720. The van der Waals surface area contributed by atoms with Gasteiger partial charge in [0.2, 0.25) is 0 Å². The summed E-state index contributed by atoms with van der Waals surface area (Å²) < 4.78 is 0. The molecule has 13 heavy (non-hydrogen) atoms. The van der Waals surface area contributed by atoms with Gasteiger partial charge in [0.25, 0.3) is 0 Å². The van der Waals surface area contributed by atoms with Crippen LogP contribution in [0.1, 0.15) is 0 Å². The van der Waals surface area contributed by atoms with Crippen molar-refractivity contribution >= 4 is 22.1 Å². The molecule has 0 aliphatic heterocycles. The third kappa shape index (κ3) is 0.776. The average Bonchev–Trinajstić information content (AvgIpc) is 2.63. The Balaban J connectivity index is 2.54. The van der Waals surface area contributed by atoms with E-state index in [2.05, 4.69) is 25.6 Å². The summed E-state index contributed by atoms with van der Waals surface area (Å²) in [4.78, 5) is 1.15. The molecule has 3 rings (SSSR count). The van der Waals surface area contributed by atoms with Gasteiger partial charge in [-0.3, -0.25) is 5.10 Å². The molecule has 0 radical (unpaired) electrons. The lowest BCUT2D eigenvalue weighted by Gasteiger charge is -1.84. The molecule has 2 heterocycles. The van der Waals surface area contributed by atoms with Crippen LogP contribution in [-0.2, 0) is 0 Å². The maximum absolute atomic E-state index is 5.42. The lowest BCUT2D eigenvalue weighted by Crippen LogP contribution is -2.11. The first kappa shape index (κ1) is 6.35. The van der Waals surface area contributed by atoms with E-state index in [4.69, 9.17) is 5.84 Å². The maximum atomic E-state index is 5.42. The van der Waals surface area contributed by atoms with Gasteiger partial charge < -0.3 is 5.84 Å². The van der Waals surface area contributed by atoms with E-state index in [-0.39, 0.29) is 0 Å². The minimum atomic E-state index is 0.722. The van der Waals surface area contributed by atoms with Crippen molar-refractivity contribution in [3.05, 3.63) is 12.1 Å². The monoisotopic (exact) mass is 175 g/mol. The molecule has 0 fully saturated rings. The van der Waals surface area contributed by atoms with Crippen LogP contribution in [0.4, 0.5) is 0 Å². The van der Waals surface area contributed by atoms with Crippen LogP contribution in [-0.4, -0.2) is 30.5 Å². The predicted molar refractivity (Wildman–Crippen MR) is 45.1 cm³/mol. The van der Waals surface area contributed by atoms with E-state index in [9.17, 15) is 0 Å². The van der Waals surface area contributed by atoms with E-state index in [0.717, 1.165) is 27.0 Å². The van der Waals surface area contributed by atoms with Crippen molar-refractivity contribution < 1.29 is 0 Å². The molecule has 0 saturated heterocycles. The fraction of sp³-hybridized carbons (Fsp3) is 0. The van der Waals surface area contributed by atoms with Gasteiger partial charge in [-0.1, -0.05) is 0 Å². The third-order valence-electron chi connectivity index (χ3n) is 1.85. The van der Waals surface area contributed by atoms with Crippen LogP contribution in [0.2, 0.25) is 0 Å². The largest absolute Gasteiger partial charge is 0.308 e. The molecular weight excluding hydrogens is 170 g/mol. The highest BCUT2D eigenvalue weighted by atomic mass is 15.6. The Morgan fingerprint density at radius 3 is 2.77 bits per heavy atom. The minimum Gasteiger partial charge on any atom is -0.308 e. The normalized spacial score (nSPS) is 11.4. The molecule has 0 aliphatic rings. The molecule has 3 N–H and O–H groups in total. The van der Waals surface area contributed by atoms with E-state index >= 15 is 0 Å². The maximum Gasteiger partial charge on any atom is 0.117 e. The number of nitrogen functional groups attached to an aromatic ring is 1. The van der Waals surface area contributed by atoms with Crippen molar-refractivity contribution in [2.24, 2.45) is 0 Å². The highest BCUT2D eigenvalue weighted by Gasteiger charge is 2.04. The Labute approximate surface area is 71.5 Å². The molecule has 0 saturated carbocycles. The van der Waals surface area contributed by atoms with Crippen LogP contribution in [0.15, 0.2) is 12.1 Å². The van der Waals surface area contributed by atoms with Crippen molar-refractivity contribution in [3.63, 3.8) is 0 Å². The standard InChI is InChI=1S/C6H5N7/c7-13-10-5-1-3-4(9-12-8-3)2-6(5)11-13/h1-2,10H,7H2. The molecule has 7 nitrogen and oxygen atoms in total. The van der Waals surface area contributed by atoms with E-state index < -0.39 is 0 Å². The summed E-state index contributed by atoms with van der Waals surface area (Å²) >= 11 is 0. The first-order valence-corrected chi connectivity index (χ1v) is 3.66. The number of fused-ring (bicyclic) bond motifs is 2. The first-order chi connectivity index (χ1) is 6.33. The second-order valence-electron chi connectivity index (χ2n) is 2.70. The number of H-pyrrole nitrogens is 1. The van der Waals surface area contributed by atoms with Crippen molar-refractivity contribution in [1.82, 2.24) is 30.5 Å². The molecular formula is C6H5N7. The fourth-order valence-electron chi connectivity index (χ4n) is 1.28. The Bertz CT molecular complexity index is 529. The highest BCUT2D eigenvalue weighted by Crippen LogP contribution is 2.15. The van der Waals surface area contributed by atoms with Gasteiger partial charge in [-0.05, 0) is 17.3 Å². The highest BCUT2D eigenvalue weighted by molar-refractivity contribution is 5.89. The first-order valence-electron chi connectivity index (χ1n) is 3.66. The van der Waals surface area contributed by atoms with Crippen LogP contribution in [0, 0.1) is 0 Å². The van der Waals surface area contributed by atoms with Gasteiger partial charge in [0.05, 0.1) is 5.52 Å². The number of benzene rings is 1. The molecule has 0 amide bonds. The zero-order valence-electron chi connectivity index (χ0n) is 6.47. The van der Waals surface area contributed by atoms with E-state index in [1.54, 1.807) is 12.1 Å². The molecule has 0 aliphatic carbocycles. The number of nitrogens with one attached hydrogen (secondary N) is 1. The number of rotatable bonds is 0. The second-order valence-corrected chi connectivity index (χ2v) is 2.70. The van der Waals surface area contributed by atoms with Crippen LogP contribution in [0.25, 0.3) is 22.1 Å². The van der Waals surface area contributed by atoms with Gasteiger partial charge in [-0.2, -0.15) is 0 Å². The second kappa shape index (κ2) is 1.94. The molecule has 1 aromatic carbocycles. The molecule has 0 bridgehead atoms. The van der Waals surface area contributed by atoms with Crippen LogP contribution in [0.5, 0.6) is 0 Å². The Morgan fingerprint density at radius 1 is 1.15 bits per heavy atom. The molecule has 64 valence electrons. The molecule has 3 aromatic rings. The van der Waals surface area contributed by atoms with Gasteiger partial charge in [0.1, 0.15) is 16.6 Å². The number of hydrogen-bond donors (Lipinski definition) is 2. The van der Waals surface area contributed by atoms with Gasteiger partial charge >= 0.3 is 0 Å². The summed E-state index contributed by atoms with van der Waals surface area (Å²) in [5.41, 5.74) is 3.02. The minimum absolute atomic E-state index is 0.722. The van der Waals surface area contributed by atoms with E-state index in [1.807, 2.05) is 0 Å². The van der Waals surface area contributed by atoms with Crippen LogP contribution >= 0.6 is 0 Å². The van der Waals surface area contributed by atoms with E-state index in [0.29, 0.717) is 0 Å². The van der Waals surface area contributed by atoms with E-state index in [1.165, 1.54) is 0 Å². The molecule has 0 spiro atoms. The predicted octanol–water partition coefficient (Wildman–Crippen LogP) is -0.584. The summed E-state index contributed by atoms with van der Waals surface area (Å²) in [6.07, 6.45) is 0. The van der Waals surface area contributed by atoms with Gasteiger partial charge in [0, 0.05) is 0 Å². The van der Waals surface area contributed by atoms with Crippen molar-refractivity contribution in [1.29, 1.82) is 0 Å². The van der Waals surface area contributed by atoms with Crippen molar-refractivity contribution in [3.8, 4) is 0 Å². The van der Waals surface area contributed by atoms with Gasteiger partial charge in [0.15, 0.2) is 0 Å². The summed E-state index contributed by atoms with van der Waals surface area (Å²) in [7, 11) is 0. The average molecular weight is 175 g/mol. The van der Waals surface area contributed by atoms with Crippen molar-refractivity contribution in [2.75, 3.05) is 5.84 Å². The molecule has 0 unspecified atom stereocenters. The molecule has 2 aromatic heterocycles. The topological polar surface area (TPSA) is 98.3 Å². The lowest BCUT2D eigenvalue weighted by atomic mass is 10.3. The number of aromatic nitrogens is 6. The smallest absolute Gasteiger partial charge is 0.117 e. The number of hydrogen-bond acceptors (Lipinski definition) is 5. The van der Waals surface area contributed by atoms with Gasteiger partial charge in [-0.25, -0.2) is 0 Å². The summed E-state index contributed by atoms with van der Waals surface area (Å²) in [6.45, 7) is 0. The van der Waals surface area contributed by atoms with Crippen molar-refractivity contribution in [2.45, 2.75) is 0 Å². The summed E-state index contributed by atoms with van der Waals surface area (Å²) in [6, 6.07) is 3.59. The zero-order chi connectivity index (χ0) is 8.84. The fourth-order valence-corrected chi connectivity index (χ4v) is 1.28. The van der Waals surface area contributed by atoms with Gasteiger partial charge in [-0.15, -0.1) is 20.2 Å². The Morgan fingerprint density at radius 2 is 1.92 bits per heavy atom. The summed E-state index contributed by atoms with van der Waals surface area (Å²) in [5, 5.41) is 18.0. The number of nitrogens with two attached hydrogens (primary N) is 1. The third-order valence-corrected chi connectivity index (χ3v) is 1.85. The quantitative estimate of drug-likeness (QED) is 0.445.